The van der Waals surface area contributed by atoms with Crippen LogP contribution in [0.3, 0.4) is 0 Å². The van der Waals surface area contributed by atoms with Crippen LogP contribution in [0.4, 0.5) is 0 Å². The second-order valence-corrected chi connectivity index (χ2v) is 18.3. The molecule has 6 aromatic rings. The fourth-order valence-electron chi connectivity index (χ4n) is 5.29. The number of rotatable bonds is 12. The molecule has 0 fully saturated rings. The number of ether oxygens (including phenoxy) is 1. The lowest BCUT2D eigenvalue weighted by molar-refractivity contribution is 0.443. The summed E-state index contributed by atoms with van der Waals surface area (Å²) in [4.78, 5) is 0. The van der Waals surface area contributed by atoms with Gasteiger partial charge in [-0.3, -0.25) is 9.05 Å². The maximum absolute atomic E-state index is 6.96. The van der Waals surface area contributed by atoms with Crippen LogP contribution in [0.1, 0.15) is 6.92 Å². The minimum absolute atomic E-state index is 0.466. The first kappa shape index (κ1) is 33.6. The summed E-state index contributed by atoms with van der Waals surface area (Å²) in [7, 11) is -10.6. The Hall–Kier alpha value is -5.58. The highest BCUT2D eigenvalue weighted by molar-refractivity contribution is 7.89. The Morgan fingerprint density at radius 1 is 0.462 bits per heavy atom. The first-order chi connectivity index (χ1) is 25.5. The van der Waals surface area contributed by atoms with Crippen LogP contribution < -0.4 is 32.4 Å². The molecule has 52 heavy (non-hydrogen) atoms. The Morgan fingerprint density at radius 2 is 0.827 bits per heavy atom. The van der Waals surface area contributed by atoms with E-state index in [1.54, 1.807) is 0 Å². The van der Waals surface area contributed by atoms with Gasteiger partial charge >= 0.3 is 34.1 Å². The Labute approximate surface area is 303 Å². The van der Waals surface area contributed by atoms with Crippen molar-refractivity contribution in [1.82, 2.24) is 5.09 Å². The molecule has 0 saturated carbocycles. The summed E-state index contributed by atoms with van der Waals surface area (Å²) in [5.74, 6) is 3.35. The van der Waals surface area contributed by atoms with E-state index in [0.29, 0.717) is 50.9 Å². The lowest BCUT2D eigenvalue weighted by Crippen LogP contribution is -2.24. The van der Waals surface area contributed by atoms with E-state index in [1.165, 1.54) is 0 Å². The van der Waals surface area contributed by atoms with Gasteiger partial charge in [-0.15, -0.1) is 5.09 Å². The summed E-state index contributed by atoms with van der Waals surface area (Å²) >= 11 is 0. The average Bonchev–Trinajstić information content (AvgIpc) is 3.72. The van der Waals surface area contributed by atoms with Gasteiger partial charge in [0.15, 0.2) is 22.7 Å². The van der Waals surface area contributed by atoms with Crippen molar-refractivity contribution in [3.63, 3.8) is 0 Å². The minimum Gasteiger partial charge on any atom is -0.424 e. The van der Waals surface area contributed by atoms with Crippen LogP contribution in [0.25, 0.3) is 0 Å². The van der Waals surface area contributed by atoms with Crippen LogP contribution in [0.15, 0.2) is 202 Å². The Balaban J connectivity index is 1.40. The zero-order valence-electron chi connectivity index (χ0n) is 28.0. The van der Waals surface area contributed by atoms with Crippen LogP contribution in [0.2, 0.25) is 0 Å². The molecular weight excluding hydrogens is 711 g/mol. The summed E-state index contributed by atoms with van der Waals surface area (Å²) in [6.07, 6.45) is 0. The first-order valence-corrected chi connectivity index (χ1v) is 21.3. The molecule has 8 rings (SSSR count). The summed E-state index contributed by atoms with van der Waals surface area (Å²) in [5.41, 5.74) is 1.59. The number of hydrogen-bond donors (Lipinski definition) is 1. The van der Waals surface area contributed by atoms with Gasteiger partial charge in [-0.1, -0.05) is 114 Å². The standard InChI is InChI=1S/C40H34N3O6P3/c1-32-41-50(45-34-22-10-3-11-23-34)39(40(50)44-33-20-8-2-9-21-33)42-52(48-37-28-16-6-17-29-37,49-38-30-18-7-19-31-38)43-51(32,46-35-24-12-4-13-25-35)47-36-26-14-5-15-27-36/h2-31,42H,1H3/q+2. The van der Waals surface area contributed by atoms with E-state index in [4.69, 9.17) is 36.6 Å². The largest absolute Gasteiger partial charge is 0.605 e. The van der Waals surface area contributed by atoms with E-state index >= 15 is 0 Å². The van der Waals surface area contributed by atoms with Crippen LogP contribution in [0.5, 0.6) is 34.5 Å². The normalized spacial score (nSPS) is 18.1. The average molecular weight is 746 g/mol. The number of para-hydroxylation sites is 6. The molecule has 2 heterocycles. The van der Waals surface area contributed by atoms with Gasteiger partial charge in [0.25, 0.3) is 0 Å². The second kappa shape index (κ2) is 14.6. The van der Waals surface area contributed by atoms with Gasteiger partial charge in [-0.2, -0.15) is 0 Å². The monoisotopic (exact) mass is 745 g/mol. The molecule has 0 bridgehead atoms. The molecule has 0 aromatic heterocycles. The number of fused-ring (bicyclic) bond motifs is 1. The number of benzene rings is 6. The number of nitrogens with zero attached hydrogens (tertiary/aromatic N) is 2. The quantitative estimate of drug-likeness (QED) is 0.125. The van der Waals surface area contributed by atoms with Crippen molar-refractivity contribution >= 4 is 28.6 Å². The van der Waals surface area contributed by atoms with Crippen LogP contribution in [0, 0.1) is 0 Å². The maximum atomic E-state index is 6.96. The van der Waals surface area contributed by atoms with Crippen molar-refractivity contribution in [2.45, 2.75) is 6.92 Å². The van der Waals surface area contributed by atoms with E-state index in [2.05, 4.69) is 5.09 Å². The molecule has 0 amide bonds. The predicted octanol–water partition coefficient (Wildman–Crippen LogP) is 12.2. The zero-order valence-corrected chi connectivity index (χ0v) is 30.7. The molecule has 0 saturated heterocycles. The fourth-order valence-corrected chi connectivity index (χ4v) is 14.3. The SMILES string of the molecule is CC1=N[P+]2(Oc3ccccc3)C(=C2Oc2ccccc2)N[P+](Oc2ccccc2)(Oc2ccccc2)N=P1(Oc1ccccc1)Oc1ccccc1. The van der Waals surface area contributed by atoms with E-state index in [-0.39, 0.29) is 0 Å². The topological polar surface area (TPSA) is 92.1 Å². The minimum atomic E-state index is -3.74. The smallest absolute Gasteiger partial charge is 0.424 e. The molecular formula is C40H34N3O6P3+2. The molecule has 1 unspecified atom stereocenters. The van der Waals surface area contributed by atoms with Gasteiger partial charge in [0.2, 0.25) is 0 Å². The molecule has 2 aliphatic heterocycles. The molecule has 1 N–H and O–H groups in total. The highest BCUT2D eigenvalue weighted by atomic mass is 31.3. The predicted molar refractivity (Wildman–Crippen MR) is 209 cm³/mol. The molecule has 2 aliphatic rings. The number of hydrogen-bond acceptors (Lipinski definition) is 9. The molecule has 12 heteroatoms. The van der Waals surface area contributed by atoms with Crippen molar-refractivity contribution in [3.8, 4) is 34.5 Å². The van der Waals surface area contributed by atoms with Crippen LogP contribution >= 0.6 is 23.2 Å². The van der Waals surface area contributed by atoms with Crippen molar-refractivity contribution in [2.24, 2.45) is 9.28 Å². The lowest BCUT2D eigenvalue weighted by Gasteiger charge is -2.27. The highest BCUT2D eigenvalue weighted by Crippen LogP contribution is 2.90. The van der Waals surface area contributed by atoms with Crippen molar-refractivity contribution in [3.05, 3.63) is 193 Å². The molecule has 0 radical (unpaired) electrons. The van der Waals surface area contributed by atoms with Crippen LogP contribution in [-0.2, 0) is 0 Å². The second-order valence-electron chi connectivity index (χ2n) is 11.6. The molecule has 6 aromatic carbocycles. The Bertz CT molecular complexity index is 2160. The molecule has 0 spiro atoms. The maximum Gasteiger partial charge on any atom is 0.605 e. The van der Waals surface area contributed by atoms with Gasteiger partial charge in [0, 0.05) is 4.52 Å². The van der Waals surface area contributed by atoms with Gasteiger partial charge in [0.05, 0.1) is 0 Å². The molecule has 0 aliphatic carbocycles. The van der Waals surface area contributed by atoms with Gasteiger partial charge in [-0.25, -0.2) is 0 Å². The third-order valence-electron chi connectivity index (χ3n) is 7.74. The zero-order chi connectivity index (χ0) is 35.3. The Morgan fingerprint density at radius 3 is 1.25 bits per heavy atom. The van der Waals surface area contributed by atoms with Crippen molar-refractivity contribution < 1.29 is 27.4 Å². The summed E-state index contributed by atoms with van der Waals surface area (Å²) < 4.78 is 52.3. The lowest BCUT2D eigenvalue weighted by atomic mass is 10.3. The van der Waals surface area contributed by atoms with Crippen molar-refractivity contribution in [1.29, 1.82) is 0 Å². The van der Waals surface area contributed by atoms with E-state index in [0.717, 1.165) is 0 Å². The number of nitrogens with one attached hydrogen (secondary N) is 1. The highest BCUT2D eigenvalue weighted by Gasteiger charge is 2.81. The molecule has 258 valence electrons. The van der Waals surface area contributed by atoms with Crippen LogP contribution in [-0.4, -0.2) is 5.45 Å². The van der Waals surface area contributed by atoms with E-state index in [9.17, 15) is 0 Å². The third-order valence-corrected chi connectivity index (χ3v) is 15.8. The Kier molecular flexibility index (Phi) is 9.40. The fraction of sp³-hybridized carbons (Fsp3) is 0.0250. The van der Waals surface area contributed by atoms with Gasteiger partial charge < -0.3 is 18.3 Å². The van der Waals surface area contributed by atoms with Crippen molar-refractivity contribution in [2.75, 3.05) is 0 Å². The molecule has 9 nitrogen and oxygen atoms in total. The first-order valence-electron chi connectivity index (χ1n) is 16.5. The molecule has 1 atom stereocenters. The van der Waals surface area contributed by atoms with E-state index < -0.39 is 23.2 Å². The third kappa shape index (κ3) is 7.26. The summed E-state index contributed by atoms with van der Waals surface area (Å²) in [5, 5.41) is 3.62. The summed E-state index contributed by atoms with van der Waals surface area (Å²) in [6.45, 7) is 1.86. The van der Waals surface area contributed by atoms with E-state index in [1.807, 2.05) is 189 Å². The summed E-state index contributed by atoms with van der Waals surface area (Å²) in [6, 6.07) is 56.8. The van der Waals surface area contributed by atoms with Gasteiger partial charge in [0.1, 0.15) is 17.2 Å². The van der Waals surface area contributed by atoms with Gasteiger partial charge in [-0.05, 0) is 79.7 Å².